The van der Waals surface area contributed by atoms with Crippen LogP contribution in [0, 0.1) is 6.92 Å². The van der Waals surface area contributed by atoms with E-state index in [1.54, 1.807) is 24.8 Å². The summed E-state index contributed by atoms with van der Waals surface area (Å²) in [5.41, 5.74) is 0.667. The molecule has 20 heavy (non-hydrogen) atoms. The van der Waals surface area contributed by atoms with Crippen molar-refractivity contribution >= 4 is 23.3 Å². The van der Waals surface area contributed by atoms with Crippen LogP contribution in [-0.2, 0) is 0 Å². The van der Waals surface area contributed by atoms with E-state index < -0.39 is 5.60 Å². The maximum Gasteiger partial charge on any atom is 0.322 e. The Balaban J connectivity index is 2.83. The Morgan fingerprint density at radius 1 is 1.45 bits per heavy atom. The van der Waals surface area contributed by atoms with E-state index in [4.69, 9.17) is 11.6 Å². The molecule has 0 heterocycles. The maximum atomic E-state index is 12.3. The van der Waals surface area contributed by atoms with Crippen LogP contribution < -0.4 is 5.32 Å². The normalized spacial score (nSPS) is 11.6. The Bertz CT molecular complexity index is 481. The lowest BCUT2D eigenvalue weighted by Gasteiger charge is -2.32. The van der Waals surface area contributed by atoms with Crippen LogP contribution in [0.5, 0.6) is 0 Å². The summed E-state index contributed by atoms with van der Waals surface area (Å²) in [4.78, 5) is 13.9. The van der Waals surface area contributed by atoms with Gasteiger partial charge in [0.2, 0.25) is 0 Å². The third kappa shape index (κ3) is 5.02. The van der Waals surface area contributed by atoms with Crippen LogP contribution in [-0.4, -0.2) is 34.2 Å². The quantitative estimate of drug-likeness (QED) is 0.891. The van der Waals surface area contributed by atoms with Gasteiger partial charge in [0.25, 0.3) is 0 Å². The molecule has 1 rings (SSSR count). The van der Waals surface area contributed by atoms with Gasteiger partial charge in [-0.1, -0.05) is 17.7 Å². The third-order valence-electron chi connectivity index (χ3n) is 2.86. The van der Waals surface area contributed by atoms with Crippen molar-refractivity contribution in [2.75, 3.05) is 11.9 Å². The molecule has 0 aliphatic rings. The summed E-state index contributed by atoms with van der Waals surface area (Å²) in [6.45, 7) is 9.34. The van der Waals surface area contributed by atoms with Crippen molar-refractivity contribution < 1.29 is 9.90 Å². The number of nitrogens with zero attached hydrogens (tertiary/aromatic N) is 1. The summed E-state index contributed by atoms with van der Waals surface area (Å²) in [7, 11) is 0. The van der Waals surface area contributed by atoms with Gasteiger partial charge in [-0.05, 0) is 52.3 Å². The minimum absolute atomic E-state index is 0.0117. The molecule has 1 aromatic rings. The van der Waals surface area contributed by atoms with Crippen molar-refractivity contribution in [1.29, 1.82) is 0 Å². The number of anilines is 1. The second-order valence-corrected chi connectivity index (χ2v) is 6.34. The first kappa shape index (κ1) is 16.8. The van der Waals surface area contributed by atoms with E-state index in [1.165, 1.54) is 0 Å². The van der Waals surface area contributed by atoms with Gasteiger partial charge in [-0.3, -0.25) is 0 Å². The maximum absolute atomic E-state index is 12.3. The lowest BCUT2D eigenvalue weighted by Crippen LogP contribution is -2.47. The molecular formula is C15H23ClN2O2. The zero-order chi connectivity index (χ0) is 15.5. The summed E-state index contributed by atoms with van der Waals surface area (Å²) >= 11 is 6.04. The molecule has 1 aromatic carbocycles. The minimum Gasteiger partial charge on any atom is -0.389 e. The lowest BCUT2D eigenvalue weighted by molar-refractivity contribution is 0.0412. The lowest BCUT2D eigenvalue weighted by atomic mass is 10.1. The number of nitrogens with one attached hydrogen (secondary N) is 1. The number of halogens is 1. The largest absolute Gasteiger partial charge is 0.389 e. The summed E-state index contributed by atoms with van der Waals surface area (Å²) in [6, 6.07) is 5.12. The highest BCUT2D eigenvalue weighted by Crippen LogP contribution is 2.20. The first-order valence-electron chi connectivity index (χ1n) is 6.66. The van der Waals surface area contributed by atoms with Gasteiger partial charge < -0.3 is 15.3 Å². The van der Waals surface area contributed by atoms with Gasteiger partial charge in [0, 0.05) is 16.8 Å². The van der Waals surface area contributed by atoms with E-state index in [-0.39, 0.29) is 18.6 Å². The summed E-state index contributed by atoms with van der Waals surface area (Å²) in [5.74, 6) is 0. The molecule has 4 nitrogen and oxygen atoms in total. The number of carbonyl (C=O) groups excluding carboxylic acids is 1. The number of aryl methyl sites for hydroxylation is 1. The van der Waals surface area contributed by atoms with Crippen LogP contribution in [0.3, 0.4) is 0 Å². The molecule has 0 bridgehead atoms. The van der Waals surface area contributed by atoms with Gasteiger partial charge in [0.05, 0.1) is 12.1 Å². The first-order chi connectivity index (χ1) is 9.10. The highest BCUT2D eigenvalue weighted by atomic mass is 35.5. The van der Waals surface area contributed by atoms with E-state index in [0.717, 1.165) is 5.56 Å². The van der Waals surface area contributed by atoms with Crippen molar-refractivity contribution in [2.45, 2.75) is 46.3 Å². The molecule has 0 aliphatic heterocycles. The number of rotatable bonds is 4. The number of amides is 2. The van der Waals surface area contributed by atoms with E-state index >= 15 is 0 Å². The highest BCUT2D eigenvalue weighted by Gasteiger charge is 2.24. The van der Waals surface area contributed by atoms with Crippen LogP contribution in [0.25, 0.3) is 0 Å². The fourth-order valence-corrected chi connectivity index (χ4v) is 1.95. The summed E-state index contributed by atoms with van der Waals surface area (Å²) in [6.07, 6.45) is 0. The molecule has 0 atom stereocenters. The van der Waals surface area contributed by atoms with Gasteiger partial charge in [0.1, 0.15) is 0 Å². The zero-order valence-corrected chi connectivity index (χ0v) is 13.5. The monoisotopic (exact) mass is 298 g/mol. The molecule has 0 aliphatic carbocycles. The van der Waals surface area contributed by atoms with Gasteiger partial charge >= 0.3 is 6.03 Å². The van der Waals surface area contributed by atoms with E-state index in [0.29, 0.717) is 10.7 Å². The predicted octanol–water partition coefficient (Wildman–Crippen LogP) is 3.66. The van der Waals surface area contributed by atoms with Crippen molar-refractivity contribution in [3.05, 3.63) is 28.8 Å². The Morgan fingerprint density at radius 2 is 2.05 bits per heavy atom. The Kier molecular flexibility index (Phi) is 5.42. The fourth-order valence-electron chi connectivity index (χ4n) is 1.77. The van der Waals surface area contributed by atoms with E-state index in [2.05, 4.69) is 5.32 Å². The van der Waals surface area contributed by atoms with Crippen LogP contribution in [0.4, 0.5) is 10.5 Å². The predicted molar refractivity (Wildman–Crippen MR) is 83.3 cm³/mol. The number of carbonyl (C=O) groups is 1. The Hall–Kier alpha value is -1.26. The average molecular weight is 299 g/mol. The van der Waals surface area contributed by atoms with Crippen LogP contribution in [0.2, 0.25) is 5.02 Å². The molecule has 2 amide bonds. The number of hydrogen-bond acceptors (Lipinski definition) is 2. The van der Waals surface area contributed by atoms with Gasteiger partial charge in [-0.15, -0.1) is 0 Å². The van der Waals surface area contributed by atoms with Crippen molar-refractivity contribution in [3.8, 4) is 0 Å². The number of benzene rings is 1. The molecule has 0 radical (unpaired) electrons. The van der Waals surface area contributed by atoms with Crippen LogP contribution in [0.15, 0.2) is 18.2 Å². The van der Waals surface area contributed by atoms with Crippen molar-refractivity contribution in [2.24, 2.45) is 0 Å². The topological polar surface area (TPSA) is 52.6 Å². The number of aliphatic hydroxyl groups is 1. The molecule has 2 N–H and O–H groups in total. The number of urea groups is 1. The molecule has 0 aromatic heterocycles. The Morgan fingerprint density at radius 3 is 2.50 bits per heavy atom. The standard InChI is InChI=1S/C15H23ClN2O2/c1-10(2)18(9-15(4,5)20)14(19)17-12-7-6-11(3)13(16)8-12/h6-8,10,20H,9H2,1-5H3,(H,17,19). The molecule has 0 unspecified atom stereocenters. The second kappa shape index (κ2) is 6.46. The molecule has 0 saturated heterocycles. The molecule has 112 valence electrons. The van der Waals surface area contributed by atoms with Gasteiger partial charge in [-0.25, -0.2) is 4.79 Å². The second-order valence-electron chi connectivity index (χ2n) is 5.93. The van der Waals surface area contributed by atoms with Crippen LogP contribution in [0.1, 0.15) is 33.3 Å². The minimum atomic E-state index is -0.938. The average Bonchev–Trinajstić information content (AvgIpc) is 2.29. The molecule has 0 saturated carbocycles. The zero-order valence-electron chi connectivity index (χ0n) is 12.7. The number of hydrogen-bond donors (Lipinski definition) is 2. The SMILES string of the molecule is Cc1ccc(NC(=O)N(CC(C)(C)O)C(C)C)cc1Cl. The van der Waals surface area contributed by atoms with E-state index in [1.807, 2.05) is 32.9 Å². The molecule has 0 fully saturated rings. The summed E-state index contributed by atoms with van der Waals surface area (Å²) in [5, 5.41) is 13.3. The van der Waals surface area contributed by atoms with Crippen molar-refractivity contribution in [3.63, 3.8) is 0 Å². The molecule has 0 spiro atoms. The smallest absolute Gasteiger partial charge is 0.322 e. The first-order valence-corrected chi connectivity index (χ1v) is 7.04. The summed E-state index contributed by atoms with van der Waals surface area (Å²) < 4.78 is 0. The third-order valence-corrected chi connectivity index (χ3v) is 3.27. The van der Waals surface area contributed by atoms with Crippen molar-refractivity contribution in [1.82, 2.24) is 4.90 Å². The molecule has 5 heteroatoms. The van der Waals surface area contributed by atoms with E-state index in [9.17, 15) is 9.90 Å². The highest BCUT2D eigenvalue weighted by molar-refractivity contribution is 6.31. The fraction of sp³-hybridized carbons (Fsp3) is 0.533. The van der Waals surface area contributed by atoms with Gasteiger partial charge in [-0.2, -0.15) is 0 Å². The molecular weight excluding hydrogens is 276 g/mol. The van der Waals surface area contributed by atoms with Gasteiger partial charge in [0.15, 0.2) is 0 Å². The van der Waals surface area contributed by atoms with Crippen LogP contribution >= 0.6 is 11.6 Å². The Labute approximate surface area is 125 Å².